The highest BCUT2D eigenvalue weighted by atomic mass is 19.1. The average molecular weight is 233 g/mol. The third-order valence-corrected chi connectivity index (χ3v) is 1.87. The number of halogens is 3. The minimum absolute atomic E-state index is 0.00610. The highest BCUT2D eigenvalue weighted by Crippen LogP contribution is 2.19. The summed E-state index contributed by atoms with van der Waals surface area (Å²) in [6.45, 7) is 0.00610. The van der Waals surface area contributed by atoms with E-state index < -0.39 is 29.1 Å². The van der Waals surface area contributed by atoms with Gasteiger partial charge in [0.15, 0.2) is 11.6 Å². The second kappa shape index (κ2) is 5.39. The molecule has 0 aromatic heterocycles. The Morgan fingerprint density at radius 2 is 1.88 bits per heavy atom. The standard InChI is InChI=1S/C10H10F3NO2/c1-16-9(15)2-3-14-10-7(12)4-6(11)5-8(10)13/h4-5,14H,2-3H2,1H3. The SMILES string of the molecule is COC(=O)CCNc1c(F)cc(F)cc1F. The molecule has 0 spiro atoms. The van der Waals surface area contributed by atoms with E-state index in [2.05, 4.69) is 10.1 Å². The molecule has 16 heavy (non-hydrogen) atoms. The summed E-state index contributed by atoms with van der Waals surface area (Å²) >= 11 is 0. The summed E-state index contributed by atoms with van der Waals surface area (Å²) in [4.78, 5) is 10.7. The van der Waals surface area contributed by atoms with E-state index in [1.165, 1.54) is 7.11 Å². The lowest BCUT2D eigenvalue weighted by Crippen LogP contribution is -2.11. The number of rotatable bonds is 4. The summed E-state index contributed by atoms with van der Waals surface area (Å²) in [6.07, 6.45) is -0.0350. The van der Waals surface area contributed by atoms with E-state index in [4.69, 9.17) is 0 Å². The molecule has 1 rings (SSSR count). The van der Waals surface area contributed by atoms with E-state index in [9.17, 15) is 18.0 Å². The predicted molar refractivity (Wildman–Crippen MR) is 51.4 cm³/mol. The van der Waals surface area contributed by atoms with Crippen molar-refractivity contribution in [3.8, 4) is 0 Å². The summed E-state index contributed by atoms with van der Waals surface area (Å²) < 4.78 is 43.0. The molecular weight excluding hydrogens is 223 g/mol. The summed E-state index contributed by atoms with van der Waals surface area (Å²) in [5, 5.41) is 2.36. The lowest BCUT2D eigenvalue weighted by molar-refractivity contribution is -0.140. The van der Waals surface area contributed by atoms with E-state index in [0.717, 1.165) is 0 Å². The Hall–Kier alpha value is -1.72. The molecular formula is C10H10F3NO2. The van der Waals surface area contributed by atoms with E-state index in [1.807, 2.05) is 0 Å². The van der Waals surface area contributed by atoms with Crippen molar-refractivity contribution < 1.29 is 22.7 Å². The maximum Gasteiger partial charge on any atom is 0.307 e. The number of methoxy groups -OCH3 is 1. The number of hydrogen-bond acceptors (Lipinski definition) is 3. The van der Waals surface area contributed by atoms with Gasteiger partial charge in [-0.3, -0.25) is 4.79 Å². The van der Waals surface area contributed by atoms with Crippen LogP contribution in [0, 0.1) is 17.5 Å². The Labute approximate surface area is 90.2 Å². The molecule has 1 aromatic carbocycles. The van der Waals surface area contributed by atoms with Gasteiger partial charge in [-0.05, 0) is 0 Å². The molecule has 0 saturated carbocycles. The van der Waals surface area contributed by atoms with Gasteiger partial charge in [-0.25, -0.2) is 13.2 Å². The Morgan fingerprint density at radius 1 is 1.31 bits per heavy atom. The number of benzene rings is 1. The van der Waals surface area contributed by atoms with Crippen LogP contribution in [0.3, 0.4) is 0 Å². The molecule has 0 amide bonds. The van der Waals surface area contributed by atoms with Crippen molar-refractivity contribution in [2.45, 2.75) is 6.42 Å². The number of anilines is 1. The van der Waals surface area contributed by atoms with Crippen LogP contribution in [0.2, 0.25) is 0 Å². The molecule has 1 aromatic rings. The number of hydrogen-bond donors (Lipinski definition) is 1. The smallest absolute Gasteiger partial charge is 0.307 e. The van der Waals surface area contributed by atoms with Crippen LogP contribution in [0.4, 0.5) is 18.9 Å². The van der Waals surface area contributed by atoms with Crippen molar-refractivity contribution in [3.05, 3.63) is 29.6 Å². The maximum absolute atomic E-state index is 13.1. The first-order chi connectivity index (χ1) is 7.54. The molecule has 0 radical (unpaired) electrons. The van der Waals surface area contributed by atoms with E-state index >= 15 is 0 Å². The van der Waals surface area contributed by atoms with Gasteiger partial charge in [0.1, 0.15) is 11.5 Å². The topological polar surface area (TPSA) is 38.3 Å². The number of carbonyl (C=O) groups is 1. The van der Waals surface area contributed by atoms with E-state index in [0.29, 0.717) is 12.1 Å². The van der Waals surface area contributed by atoms with Gasteiger partial charge >= 0.3 is 5.97 Å². The highest BCUT2D eigenvalue weighted by Gasteiger charge is 2.11. The Kier molecular flexibility index (Phi) is 4.16. The Bertz CT molecular complexity index is 373. The third kappa shape index (κ3) is 3.15. The fraction of sp³-hybridized carbons (Fsp3) is 0.300. The first kappa shape index (κ1) is 12.4. The molecule has 0 saturated heterocycles. The molecule has 88 valence electrons. The van der Waals surface area contributed by atoms with Gasteiger partial charge in [0.2, 0.25) is 0 Å². The number of ether oxygens (including phenoxy) is 1. The zero-order valence-electron chi connectivity index (χ0n) is 8.52. The van der Waals surface area contributed by atoms with Crippen LogP contribution in [-0.4, -0.2) is 19.6 Å². The summed E-state index contributed by atoms with van der Waals surface area (Å²) in [5.41, 5.74) is -0.453. The summed E-state index contributed by atoms with van der Waals surface area (Å²) in [7, 11) is 1.21. The van der Waals surface area contributed by atoms with Gasteiger partial charge in [-0.2, -0.15) is 0 Å². The minimum atomic E-state index is -1.04. The minimum Gasteiger partial charge on any atom is -0.469 e. The van der Waals surface area contributed by atoms with Gasteiger partial charge in [0.25, 0.3) is 0 Å². The molecule has 0 atom stereocenters. The van der Waals surface area contributed by atoms with E-state index in [-0.39, 0.29) is 13.0 Å². The Morgan fingerprint density at radius 3 is 2.38 bits per heavy atom. The fourth-order valence-corrected chi connectivity index (χ4v) is 1.10. The lowest BCUT2D eigenvalue weighted by atomic mass is 10.2. The third-order valence-electron chi connectivity index (χ3n) is 1.87. The van der Waals surface area contributed by atoms with Gasteiger partial charge in [0, 0.05) is 18.7 Å². The molecule has 0 bridgehead atoms. The Balaban J connectivity index is 2.64. The molecule has 1 N–H and O–H groups in total. The van der Waals surface area contributed by atoms with Crippen LogP contribution in [0.1, 0.15) is 6.42 Å². The highest BCUT2D eigenvalue weighted by molar-refractivity contribution is 5.69. The second-order valence-electron chi connectivity index (χ2n) is 3.00. The molecule has 0 heterocycles. The van der Waals surface area contributed by atoms with Crippen LogP contribution >= 0.6 is 0 Å². The van der Waals surface area contributed by atoms with Gasteiger partial charge in [-0.15, -0.1) is 0 Å². The molecule has 3 nitrogen and oxygen atoms in total. The fourth-order valence-electron chi connectivity index (χ4n) is 1.10. The van der Waals surface area contributed by atoms with Gasteiger partial charge in [-0.1, -0.05) is 0 Å². The van der Waals surface area contributed by atoms with Crippen molar-refractivity contribution in [2.75, 3.05) is 19.0 Å². The lowest BCUT2D eigenvalue weighted by Gasteiger charge is -2.07. The number of esters is 1. The zero-order valence-corrected chi connectivity index (χ0v) is 8.52. The van der Waals surface area contributed by atoms with Crippen LogP contribution in [0.5, 0.6) is 0 Å². The number of nitrogens with one attached hydrogen (secondary N) is 1. The van der Waals surface area contributed by atoms with Crippen molar-refractivity contribution in [2.24, 2.45) is 0 Å². The first-order valence-electron chi connectivity index (χ1n) is 4.50. The maximum atomic E-state index is 13.1. The number of carbonyl (C=O) groups excluding carboxylic acids is 1. The van der Waals surface area contributed by atoms with Crippen LogP contribution in [0.15, 0.2) is 12.1 Å². The average Bonchev–Trinajstić information content (AvgIpc) is 2.21. The van der Waals surface area contributed by atoms with Crippen molar-refractivity contribution in [1.82, 2.24) is 0 Å². The van der Waals surface area contributed by atoms with Crippen molar-refractivity contribution >= 4 is 11.7 Å². The molecule has 6 heteroatoms. The molecule has 0 fully saturated rings. The summed E-state index contributed by atoms with van der Waals surface area (Å²) in [5.74, 6) is -3.58. The first-order valence-corrected chi connectivity index (χ1v) is 4.50. The molecule has 0 aliphatic rings. The summed E-state index contributed by atoms with van der Waals surface area (Å²) in [6, 6.07) is 1.12. The predicted octanol–water partition coefficient (Wildman–Crippen LogP) is 2.08. The second-order valence-corrected chi connectivity index (χ2v) is 3.00. The quantitative estimate of drug-likeness (QED) is 0.809. The van der Waals surface area contributed by atoms with Crippen LogP contribution < -0.4 is 5.32 Å². The van der Waals surface area contributed by atoms with Crippen LogP contribution in [-0.2, 0) is 9.53 Å². The molecule has 0 unspecified atom stereocenters. The zero-order chi connectivity index (χ0) is 12.1. The molecule has 0 aliphatic carbocycles. The van der Waals surface area contributed by atoms with Crippen molar-refractivity contribution in [1.29, 1.82) is 0 Å². The van der Waals surface area contributed by atoms with Crippen molar-refractivity contribution in [3.63, 3.8) is 0 Å². The normalized spacial score (nSPS) is 10.0. The molecule has 0 aliphatic heterocycles. The monoisotopic (exact) mass is 233 g/mol. The van der Waals surface area contributed by atoms with Gasteiger partial charge < -0.3 is 10.1 Å². The van der Waals surface area contributed by atoms with E-state index in [1.54, 1.807) is 0 Å². The van der Waals surface area contributed by atoms with Crippen LogP contribution in [0.25, 0.3) is 0 Å². The largest absolute Gasteiger partial charge is 0.469 e. The van der Waals surface area contributed by atoms with Gasteiger partial charge in [0.05, 0.1) is 13.5 Å².